The summed E-state index contributed by atoms with van der Waals surface area (Å²) in [5, 5.41) is 1.97. The van der Waals surface area contributed by atoms with E-state index in [2.05, 4.69) is 31.9 Å². The average molecular weight is 366 g/mol. The number of thiophene rings is 1. The molecule has 0 aromatic carbocycles. The summed E-state index contributed by atoms with van der Waals surface area (Å²) in [7, 11) is 0. The highest BCUT2D eigenvalue weighted by atomic mass is 79.9. The molecule has 1 heterocycles. The Hall–Kier alpha value is 0.330. The van der Waals surface area contributed by atoms with E-state index >= 15 is 0 Å². The Balaban J connectivity index is 1.90. The molecule has 1 nitrogen and oxygen atoms in total. The van der Waals surface area contributed by atoms with Gasteiger partial charge >= 0.3 is 0 Å². The van der Waals surface area contributed by atoms with Gasteiger partial charge in [-0.15, -0.1) is 11.3 Å². The lowest BCUT2D eigenvalue weighted by atomic mass is 10.00. The van der Waals surface area contributed by atoms with Gasteiger partial charge in [-0.25, -0.2) is 0 Å². The number of hydrogen-bond donors (Lipinski definition) is 0. The van der Waals surface area contributed by atoms with Crippen molar-refractivity contribution in [1.29, 1.82) is 0 Å². The molecule has 0 bridgehead atoms. The van der Waals surface area contributed by atoms with Crippen LogP contribution in [0.25, 0.3) is 0 Å². The van der Waals surface area contributed by atoms with Gasteiger partial charge in [0.05, 0.1) is 9.35 Å². The summed E-state index contributed by atoms with van der Waals surface area (Å²) in [5.74, 6) is 1.08. The molecular formula is C12H14Br2OS. The minimum atomic E-state index is 0.287. The molecular weight excluding hydrogens is 352 g/mol. The zero-order chi connectivity index (χ0) is 11.5. The van der Waals surface area contributed by atoms with Gasteiger partial charge in [-0.3, -0.25) is 4.79 Å². The molecule has 0 saturated heterocycles. The number of hydrogen-bond acceptors (Lipinski definition) is 2. The third-order valence-electron chi connectivity index (χ3n) is 3.20. The molecule has 0 radical (unpaired) electrons. The first-order valence-electron chi connectivity index (χ1n) is 5.64. The maximum atomic E-state index is 12.0. The second-order valence-electron chi connectivity index (χ2n) is 4.34. The highest BCUT2D eigenvalue weighted by molar-refractivity contribution is 9.13. The molecule has 0 unspecified atom stereocenters. The smallest absolute Gasteiger partial charge is 0.173 e. The van der Waals surface area contributed by atoms with Crippen LogP contribution >= 0.6 is 43.2 Å². The predicted molar refractivity (Wildman–Crippen MR) is 75.2 cm³/mol. The molecule has 0 spiro atoms. The minimum absolute atomic E-state index is 0.287. The van der Waals surface area contributed by atoms with Gasteiger partial charge in [0.25, 0.3) is 0 Å². The van der Waals surface area contributed by atoms with Gasteiger partial charge in [0.1, 0.15) is 0 Å². The molecule has 0 amide bonds. The number of rotatable bonds is 4. The van der Waals surface area contributed by atoms with E-state index in [1.165, 1.54) is 37.0 Å². The third-order valence-corrected chi connectivity index (χ3v) is 6.76. The Labute approximate surface area is 117 Å². The van der Waals surface area contributed by atoms with Crippen LogP contribution in [0.3, 0.4) is 0 Å². The fraction of sp³-hybridized carbons (Fsp3) is 0.583. The first-order valence-corrected chi connectivity index (χ1v) is 8.10. The van der Waals surface area contributed by atoms with Crippen molar-refractivity contribution < 1.29 is 4.79 Å². The molecule has 0 N–H and O–H groups in total. The van der Waals surface area contributed by atoms with E-state index in [1.54, 1.807) is 0 Å². The van der Waals surface area contributed by atoms with Gasteiger partial charge in [0, 0.05) is 16.3 Å². The molecule has 1 aliphatic carbocycles. The van der Waals surface area contributed by atoms with E-state index in [1.807, 2.05) is 5.38 Å². The van der Waals surface area contributed by atoms with E-state index in [-0.39, 0.29) is 5.78 Å². The van der Waals surface area contributed by atoms with E-state index in [0.717, 1.165) is 26.2 Å². The number of Topliss-reactive ketones (excluding diaryl/α,β-unsaturated/α-hetero) is 1. The van der Waals surface area contributed by atoms with Gasteiger partial charge in [0.2, 0.25) is 0 Å². The van der Waals surface area contributed by atoms with Crippen molar-refractivity contribution in [1.82, 2.24) is 0 Å². The minimum Gasteiger partial charge on any atom is -0.293 e. The highest BCUT2D eigenvalue weighted by Gasteiger charge is 2.19. The largest absolute Gasteiger partial charge is 0.293 e. The maximum absolute atomic E-state index is 12.0. The summed E-state index contributed by atoms with van der Waals surface area (Å²) in [4.78, 5) is 12.9. The van der Waals surface area contributed by atoms with Gasteiger partial charge in [-0.05, 0) is 44.2 Å². The fourth-order valence-electron chi connectivity index (χ4n) is 2.26. The Bertz CT molecular complexity index is 380. The van der Waals surface area contributed by atoms with Crippen LogP contribution in [0, 0.1) is 5.92 Å². The van der Waals surface area contributed by atoms with E-state index < -0.39 is 0 Å². The summed E-state index contributed by atoms with van der Waals surface area (Å²) < 4.78 is 1.91. The van der Waals surface area contributed by atoms with Gasteiger partial charge in [-0.1, -0.05) is 25.7 Å². The van der Waals surface area contributed by atoms with Crippen molar-refractivity contribution in [2.45, 2.75) is 38.5 Å². The van der Waals surface area contributed by atoms with Crippen LogP contribution in [0.2, 0.25) is 0 Å². The molecule has 1 fully saturated rings. The lowest BCUT2D eigenvalue weighted by molar-refractivity contribution is 0.0977. The monoisotopic (exact) mass is 364 g/mol. The molecule has 0 aliphatic heterocycles. The van der Waals surface area contributed by atoms with Crippen molar-refractivity contribution in [3.05, 3.63) is 19.2 Å². The Morgan fingerprint density at radius 3 is 2.62 bits per heavy atom. The Kier molecular flexibility index (Phi) is 4.62. The molecule has 16 heavy (non-hydrogen) atoms. The second kappa shape index (κ2) is 5.78. The fourth-order valence-corrected chi connectivity index (χ4v) is 4.42. The molecule has 4 heteroatoms. The molecule has 1 saturated carbocycles. The summed E-state index contributed by atoms with van der Waals surface area (Å²) in [6, 6.07) is 0. The molecule has 1 aromatic rings. The Morgan fingerprint density at radius 2 is 2.06 bits per heavy atom. The van der Waals surface area contributed by atoms with Crippen molar-refractivity contribution in [3.8, 4) is 0 Å². The highest BCUT2D eigenvalue weighted by Crippen LogP contribution is 2.35. The van der Waals surface area contributed by atoms with Crippen LogP contribution in [0.15, 0.2) is 14.3 Å². The third kappa shape index (κ3) is 2.96. The maximum Gasteiger partial charge on any atom is 0.173 e. The lowest BCUT2D eigenvalue weighted by Gasteiger charge is -2.06. The normalized spacial score (nSPS) is 16.9. The zero-order valence-corrected chi connectivity index (χ0v) is 13.0. The zero-order valence-electron chi connectivity index (χ0n) is 8.97. The summed E-state index contributed by atoms with van der Waals surface area (Å²) in [5.41, 5.74) is 0. The van der Waals surface area contributed by atoms with Gasteiger partial charge < -0.3 is 0 Å². The summed E-state index contributed by atoms with van der Waals surface area (Å²) in [6.07, 6.45) is 7.13. The summed E-state index contributed by atoms with van der Waals surface area (Å²) >= 11 is 8.38. The first-order chi connectivity index (χ1) is 7.68. The number of carbonyl (C=O) groups is 1. The van der Waals surface area contributed by atoms with E-state index in [9.17, 15) is 4.79 Å². The van der Waals surface area contributed by atoms with E-state index in [0.29, 0.717) is 6.42 Å². The summed E-state index contributed by atoms with van der Waals surface area (Å²) in [6.45, 7) is 0. The second-order valence-corrected chi connectivity index (χ2v) is 6.87. The van der Waals surface area contributed by atoms with Crippen LogP contribution in [0.5, 0.6) is 0 Å². The molecule has 88 valence electrons. The van der Waals surface area contributed by atoms with Crippen LogP contribution < -0.4 is 0 Å². The lowest BCUT2D eigenvalue weighted by Crippen LogP contribution is -2.01. The number of ketones is 1. The molecule has 1 aromatic heterocycles. The van der Waals surface area contributed by atoms with Gasteiger partial charge in [0.15, 0.2) is 5.78 Å². The van der Waals surface area contributed by atoms with Crippen LogP contribution in [-0.2, 0) is 0 Å². The number of carbonyl (C=O) groups excluding carboxylic acids is 1. The van der Waals surface area contributed by atoms with Crippen LogP contribution in [0.1, 0.15) is 48.2 Å². The van der Waals surface area contributed by atoms with Crippen molar-refractivity contribution in [2.75, 3.05) is 0 Å². The topological polar surface area (TPSA) is 17.1 Å². The van der Waals surface area contributed by atoms with Crippen molar-refractivity contribution in [3.63, 3.8) is 0 Å². The van der Waals surface area contributed by atoms with Gasteiger partial charge in [-0.2, -0.15) is 0 Å². The molecule has 2 rings (SSSR count). The first kappa shape index (κ1) is 12.8. The van der Waals surface area contributed by atoms with E-state index in [4.69, 9.17) is 0 Å². The van der Waals surface area contributed by atoms with Crippen LogP contribution in [0.4, 0.5) is 0 Å². The predicted octanol–water partition coefficient (Wildman–Crippen LogP) is 5.43. The number of halogens is 2. The average Bonchev–Trinajstić information content (AvgIpc) is 2.88. The van der Waals surface area contributed by atoms with Crippen LogP contribution in [-0.4, -0.2) is 5.78 Å². The SMILES string of the molecule is O=C(CCC1CCCC1)c1scc(Br)c1Br. The molecule has 1 aliphatic rings. The van der Waals surface area contributed by atoms with Crippen molar-refractivity contribution in [2.24, 2.45) is 5.92 Å². The quantitative estimate of drug-likeness (QED) is 0.650. The van der Waals surface area contributed by atoms with Crippen molar-refractivity contribution >= 4 is 49.0 Å². The Morgan fingerprint density at radius 1 is 1.38 bits per heavy atom. The standard InChI is InChI=1S/C12H14Br2OS/c13-9-7-16-12(11(9)14)10(15)6-5-8-3-1-2-4-8/h7-8H,1-6H2. The molecule has 0 atom stereocenters.